The third-order valence-electron chi connectivity index (χ3n) is 3.60. The van der Waals surface area contributed by atoms with Crippen molar-refractivity contribution in [1.82, 2.24) is 5.32 Å². The molecule has 0 saturated heterocycles. The van der Waals surface area contributed by atoms with Crippen LogP contribution in [0.2, 0.25) is 0 Å². The number of amides is 1. The van der Waals surface area contributed by atoms with Crippen molar-refractivity contribution >= 4 is 11.6 Å². The van der Waals surface area contributed by atoms with Crippen LogP contribution in [-0.2, 0) is 16.1 Å². The van der Waals surface area contributed by atoms with Gasteiger partial charge in [0, 0.05) is 32.3 Å². The zero-order valence-corrected chi connectivity index (χ0v) is 11.6. The lowest BCUT2D eigenvalue weighted by molar-refractivity contribution is -0.114. The summed E-state index contributed by atoms with van der Waals surface area (Å²) in [6.07, 6.45) is 3.91. The van der Waals surface area contributed by atoms with Crippen LogP contribution in [0.15, 0.2) is 24.3 Å². The minimum atomic E-state index is -0.0419. The molecule has 2 N–H and O–H groups in total. The van der Waals surface area contributed by atoms with E-state index in [0.717, 1.165) is 18.7 Å². The second-order valence-electron chi connectivity index (χ2n) is 5.07. The molecule has 2 unspecified atom stereocenters. The molecule has 104 valence electrons. The van der Waals surface area contributed by atoms with Crippen LogP contribution in [-0.4, -0.2) is 25.2 Å². The Labute approximate surface area is 114 Å². The zero-order valence-electron chi connectivity index (χ0n) is 11.6. The summed E-state index contributed by atoms with van der Waals surface area (Å²) in [6.45, 7) is 2.35. The average molecular weight is 262 g/mol. The Kier molecular flexibility index (Phi) is 4.93. The molecule has 1 aliphatic rings. The van der Waals surface area contributed by atoms with E-state index < -0.39 is 0 Å². The number of ether oxygens (including phenoxy) is 1. The molecule has 19 heavy (non-hydrogen) atoms. The number of methoxy groups -OCH3 is 1. The predicted molar refractivity (Wildman–Crippen MR) is 76.0 cm³/mol. The van der Waals surface area contributed by atoms with Crippen molar-refractivity contribution in [2.24, 2.45) is 0 Å². The molecular formula is C15H22N2O2. The SMILES string of the molecule is COC1CCCC1NCc1ccc(NC(C)=O)cc1. The Balaban J connectivity index is 1.84. The van der Waals surface area contributed by atoms with Crippen LogP contribution in [0.4, 0.5) is 5.69 Å². The van der Waals surface area contributed by atoms with E-state index in [2.05, 4.69) is 10.6 Å². The lowest BCUT2D eigenvalue weighted by Crippen LogP contribution is -2.36. The molecule has 0 bridgehead atoms. The number of rotatable bonds is 5. The minimum absolute atomic E-state index is 0.0419. The predicted octanol–water partition coefficient (Wildman–Crippen LogP) is 2.30. The molecule has 2 rings (SSSR count). The molecule has 1 aromatic carbocycles. The zero-order chi connectivity index (χ0) is 13.7. The summed E-state index contributed by atoms with van der Waals surface area (Å²) in [4.78, 5) is 10.9. The molecule has 1 saturated carbocycles. The van der Waals surface area contributed by atoms with Crippen molar-refractivity contribution in [3.63, 3.8) is 0 Å². The van der Waals surface area contributed by atoms with Gasteiger partial charge in [0.1, 0.15) is 0 Å². The van der Waals surface area contributed by atoms with Gasteiger partial charge < -0.3 is 15.4 Å². The Morgan fingerprint density at radius 3 is 2.68 bits per heavy atom. The number of hydrogen-bond donors (Lipinski definition) is 2. The Morgan fingerprint density at radius 2 is 2.05 bits per heavy atom. The molecule has 2 atom stereocenters. The van der Waals surface area contributed by atoms with E-state index in [1.165, 1.54) is 25.3 Å². The van der Waals surface area contributed by atoms with Gasteiger partial charge in [-0.25, -0.2) is 0 Å². The van der Waals surface area contributed by atoms with Crippen LogP contribution >= 0.6 is 0 Å². The molecule has 0 aliphatic heterocycles. The fourth-order valence-electron chi connectivity index (χ4n) is 2.60. The van der Waals surface area contributed by atoms with Crippen LogP contribution in [0.3, 0.4) is 0 Å². The van der Waals surface area contributed by atoms with Gasteiger partial charge in [-0.2, -0.15) is 0 Å². The van der Waals surface area contributed by atoms with E-state index in [0.29, 0.717) is 12.1 Å². The summed E-state index contributed by atoms with van der Waals surface area (Å²) >= 11 is 0. The van der Waals surface area contributed by atoms with Crippen molar-refractivity contribution in [2.45, 2.75) is 44.9 Å². The standard InChI is InChI=1S/C15H22N2O2/c1-11(18)17-13-8-6-12(7-9-13)10-16-14-4-3-5-15(14)19-2/h6-9,14-16H,3-5,10H2,1-2H3,(H,17,18). The summed E-state index contributed by atoms with van der Waals surface area (Å²) in [6, 6.07) is 8.39. The van der Waals surface area contributed by atoms with E-state index in [1.54, 1.807) is 7.11 Å². The summed E-state index contributed by atoms with van der Waals surface area (Å²) in [5.74, 6) is -0.0419. The number of anilines is 1. The lowest BCUT2D eigenvalue weighted by Gasteiger charge is -2.19. The van der Waals surface area contributed by atoms with Gasteiger partial charge in [0.2, 0.25) is 5.91 Å². The number of hydrogen-bond acceptors (Lipinski definition) is 3. The molecule has 4 heteroatoms. The lowest BCUT2D eigenvalue weighted by atomic mass is 10.1. The molecule has 1 aromatic rings. The average Bonchev–Trinajstić information content (AvgIpc) is 2.84. The van der Waals surface area contributed by atoms with Crippen molar-refractivity contribution in [1.29, 1.82) is 0 Å². The van der Waals surface area contributed by atoms with Crippen LogP contribution < -0.4 is 10.6 Å². The molecule has 1 amide bonds. The molecule has 4 nitrogen and oxygen atoms in total. The Morgan fingerprint density at radius 1 is 1.32 bits per heavy atom. The second kappa shape index (κ2) is 6.68. The molecular weight excluding hydrogens is 240 g/mol. The number of carbonyl (C=O) groups is 1. The highest BCUT2D eigenvalue weighted by molar-refractivity contribution is 5.88. The highest BCUT2D eigenvalue weighted by Crippen LogP contribution is 2.22. The Bertz CT molecular complexity index is 417. The molecule has 1 aliphatic carbocycles. The second-order valence-corrected chi connectivity index (χ2v) is 5.07. The maximum absolute atomic E-state index is 10.9. The molecule has 1 fully saturated rings. The summed E-state index contributed by atoms with van der Waals surface area (Å²) < 4.78 is 5.47. The first-order chi connectivity index (χ1) is 9.19. The Hall–Kier alpha value is -1.39. The van der Waals surface area contributed by atoms with Gasteiger partial charge in [0.15, 0.2) is 0 Å². The van der Waals surface area contributed by atoms with E-state index >= 15 is 0 Å². The van der Waals surface area contributed by atoms with E-state index in [4.69, 9.17) is 4.74 Å². The van der Waals surface area contributed by atoms with Crippen molar-refractivity contribution in [3.05, 3.63) is 29.8 Å². The third kappa shape index (κ3) is 4.04. The van der Waals surface area contributed by atoms with Gasteiger partial charge in [0.05, 0.1) is 6.10 Å². The maximum Gasteiger partial charge on any atom is 0.221 e. The van der Waals surface area contributed by atoms with E-state index in [1.807, 2.05) is 24.3 Å². The summed E-state index contributed by atoms with van der Waals surface area (Å²) in [5, 5.41) is 6.31. The van der Waals surface area contributed by atoms with Crippen LogP contribution in [0, 0.1) is 0 Å². The van der Waals surface area contributed by atoms with Gasteiger partial charge in [-0.1, -0.05) is 12.1 Å². The molecule has 0 heterocycles. The maximum atomic E-state index is 10.9. The first-order valence-electron chi connectivity index (χ1n) is 6.82. The highest BCUT2D eigenvalue weighted by Gasteiger charge is 2.26. The fourth-order valence-corrected chi connectivity index (χ4v) is 2.60. The van der Waals surface area contributed by atoms with Gasteiger partial charge in [-0.15, -0.1) is 0 Å². The normalized spacial score (nSPS) is 22.4. The highest BCUT2D eigenvalue weighted by atomic mass is 16.5. The number of carbonyl (C=O) groups excluding carboxylic acids is 1. The molecule has 0 aromatic heterocycles. The van der Waals surface area contributed by atoms with E-state index in [9.17, 15) is 4.79 Å². The number of benzene rings is 1. The molecule has 0 radical (unpaired) electrons. The quantitative estimate of drug-likeness (QED) is 0.856. The summed E-state index contributed by atoms with van der Waals surface area (Å²) in [7, 11) is 1.78. The van der Waals surface area contributed by atoms with Gasteiger partial charge in [0.25, 0.3) is 0 Å². The molecule has 0 spiro atoms. The van der Waals surface area contributed by atoms with E-state index in [-0.39, 0.29) is 5.91 Å². The minimum Gasteiger partial charge on any atom is -0.380 e. The van der Waals surface area contributed by atoms with Crippen molar-refractivity contribution in [2.75, 3.05) is 12.4 Å². The monoisotopic (exact) mass is 262 g/mol. The van der Waals surface area contributed by atoms with Crippen molar-refractivity contribution in [3.8, 4) is 0 Å². The van der Waals surface area contributed by atoms with Crippen LogP contribution in [0.5, 0.6) is 0 Å². The topological polar surface area (TPSA) is 50.4 Å². The first-order valence-corrected chi connectivity index (χ1v) is 6.82. The largest absolute Gasteiger partial charge is 0.380 e. The van der Waals surface area contributed by atoms with Crippen LogP contribution in [0.25, 0.3) is 0 Å². The van der Waals surface area contributed by atoms with Crippen LogP contribution in [0.1, 0.15) is 31.7 Å². The first kappa shape index (κ1) is 14.0. The fraction of sp³-hybridized carbons (Fsp3) is 0.533. The third-order valence-corrected chi connectivity index (χ3v) is 3.60. The van der Waals surface area contributed by atoms with Gasteiger partial charge in [-0.3, -0.25) is 4.79 Å². The van der Waals surface area contributed by atoms with Gasteiger partial charge in [-0.05, 0) is 37.0 Å². The number of nitrogens with one attached hydrogen (secondary N) is 2. The summed E-state index contributed by atoms with van der Waals surface area (Å²) in [5.41, 5.74) is 2.06. The van der Waals surface area contributed by atoms with Gasteiger partial charge >= 0.3 is 0 Å². The smallest absolute Gasteiger partial charge is 0.221 e. The van der Waals surface area contributed by atoms with Crippen molar-refractivity contribution < 1.29 is 9.53 Å².